The molecule has 2 N–H and O–H groups in total. The van der Waals surface area contributed by atoms with Crippen molar-refractivity contribution in [2.45, 2.75) is 19.5 Å². The normalized spacial score (nSPS) is 34.8. The number of carbonyl (C=O) groups is 1. The predicted octanol–water partition coefficient (Wildman–Crippen LogP) is -0.0204. The molecule has 0 radical (unpaired) electrons. The van der Waals surface area contributed by atoms with E-state index in [1.54, 1.807) is 4.90 Å². The number of fused-ring (bicyclic) bond motifs is 4. The van der Waals surface area contributed by atoms with E-state index < -0.39 is 16.9 Å². The minimum absolute atomic E-state index is 0.00741. The third-order valence-electron chi connectivity index (χ3n) is 4.97. The Balaban J connectivity index is 1.86. The van der Waals surface area contributed by atoms with E-state index in [-0.39, 0.29) is 17.6 Å². The first kappa shape index (κ1) is 10.9. The maximum absolute atomic E-state index is 12.4. The standard InChI is InChI=1S/C13H14N2O4/c1-5-6-2-15-7(9(5)6)3-14-4-8(16)11(17)12(18)10(14)13(15)19/h4-7,9,16,18H,2-3H2,1H3/t5-,6+,7-,9-/m1/s1. The summed E-state index contributed by atoms with van der Waals surface area (Å²) in [4.78, 5) is 25.7. The van der Waals surface area contributed by atoms with E-state index in [4.69, 9.17) is 0 Å². The van der Waals surface area contributed by atoms with E-state index >= 15 is 0 Å². The second kappa shape index (κ2) is 3.12. The van der Waals surface area contributed by atoms with Crippen LogP contribution in [0, 0.1) is 17.8 Å². The van der Waals surface area contributed by atoms with Gasteiger partial charge in [-0.25, -0.2) is 0 Å². The topological polar surface area (TPSA) is 82.8 Å². The Kier molecular flexibility index (Phi) is 1.79. The third kappa shape index (κ3) is 1.16. The molecule has 1 saturated heterocycles. The summed E-state index contributed by atoms with van der Waals surface area (Å²) in [5.41, 5.74) is -0.872. The average molecular weight is 262 g/mol. The number of amides is 1. The lowest BCUT2D eigenvalue weighted by atomic mass is 10.1. The van der Waals surface area contributed by atoms with Gasteiger partial charge in [0.05, 0.1) is 12.2 Å². The molecule has 6 nitrogen and oxygen atoms in total. The van der Waals surface area contributed by atoms with Gasteiger partial charge in [-0.15, -0.1) is 0 Å². The molecule has 3 heterocycles. The monoisotopic (exact) mass is 262 g/mol. The second-order valence-corrected chi connectivity index (χ2v) is 5.82. The summed E-state index contributed by atoms with van der Waals surface area (Å²) in [6.07, 6.45) is 1.26. The van der Waals surface area contributed by atoms with E-state index in [2.05, 4.69) is 6.92 Å². The highest BCUT2D eigenvalue weighted by molar-refractivity contribution is 5.96. The van der Waals surface area contributed by atoms with Gasteiger partial charge in [-0.2, -0.15) is 0 Å². The summed E-state index contributed by atoms with van der Waals surface area (Å²) in [6, 6.07) is 0.126. The number of rotatable bonds is 0. The number of aromatic hydroxyl groups is 2. The predicted molar refractivity (Wildman–Crippen MR) is 65.0 cm³/mol. The van der Waals surface area contributed by atoms with Crippen molar-refractivity contribution in [3.8, 4) is 11.5 Å². The number of nitrogens with zero attached hydrogens (tertiary/aromatic N) is 2. The Morgan fingerprint density at radius 1 is 1.26 bits per heavy atom. The van der Waals surface area contributed by atoms with Crippen LogP contribution < -0.4 is 5.43 Å². The molecule has 2 aliphatic heterocycles. The van der Waals surface area contributed by atoms with Gasteiger partial charge in [0.15, 0.2) is 17.2 Å². The molecule has 0 spiro atoms. The highest BCUT2D eigenvalue weighted by atomic mass is 16.3. The molecular weight excluding hydrogens is 248 g/mol. The summed E-state index contributed by atoms with van der Waals surface area (Å²) in [5, 5.41) is 19.3. The van der Waals surface area contributed by atoms with Gasteiger partial charge in [0.2, 0.25) is 0 Å². The Labute approximate surface area is 108 Å². The van der Waals surface area contributed by atoms with Gasteiger partial charge in [-0.05, 0) is 17.8 Å². The van der Waals surface area contributed by atoms with Crippen molar-refractivity contribution in [1.29, 1.82) is 0 Å². The number of pyridine rings is 1. The van der Waals surface area contributed by atoms with Crippen LogP contribution in [0.5, 0.6) is 11.5 Å². The number of piperidine rings is 1. The summed E-state index contributed by atoms with van der Waals surface area (Å²) >= 11 is 0. The van der Waals surface area contributed by atoms with E-state index in [0.29, 0.717) is 30.8 Å². The first-order chi connectivity index (χ1) is 9.00. The highest BCUT2D eigenvalue weighted by Gasteiger charge is 2.61. The summed E-state index contributed by atoms with van der Waals surface area (Å²) < 4.78 is 1.52. The van der Waals surface area contributed by atoms with Crippen LogP contribution in [0.4, 0.5) is 0 Å². The van der Waals surface area contributed by atoms with Crippen molar-refractivity contribution in [2.75, 3.05) is 6.54 Å². The fraction of sp³-hybridized carbons (Fsp3) is 0.538. The lowest BCUT2D eigenvalue weighted by molar-refractivity contribution is 0.0606. The molecule has 4 rings (SSSR count). The van der Waals surface area contributed by atoms with Gasteiger partial charge in [-0.3, -0.25) is 9.59 Å². The number of carbonyl (C=O) groups excluding carboxylic acids is 1. The molecule has 4 atom stereocenters. The minimum atomic E-state index is -0.879. The SMILES string of the molecule is C[C@@H]1[C@@H]2CN3C(=O)c4c(O)c(=O)c(O)cn4C[C@@H]3[C@H]12. The van der Waals surface area contributed by atoms with Crippen molar-refractivity contribution in [2.24, 2.45) is 17.8 Å². The summed E-state index contributed by atoms with van der Waals surface area (Å²) in [6.45, 7) is 3.44. The second-order valence-electron chi connectivity index (χ2n) is 5.82. The van der Waals surface area contributed by atoms with Gasteiger partial charge in [0, 0.05) is 13.1 Å². The van der Waals surface area contributed by atoms with Crippen molar-refractivity contribution in [1.82, 2.24) is 9.47 Å². The van der Waals surface area contributed by atoms with Crippen molar-refractivity contribution < 1.29 is 15.0 Å². The maximum Gasteiger partial charge on any atom is 0.274 e. The van der Waals surface area contributed by atoms with Crippen molar-refractivity contribution >= 4 is 5.91 Å². The average Bonchev–Trinajstić information content (AvgIpc) is 2.83. The molecule has 1 saturated carbocycles. The molecular formula is C13H14N2O4. The molecule has 3 aliphatic rings. The van der Waals surface area contributed by atoms with Gasteiger partial charge < -0.3 is 19.7 Å². The molecule has 1 aliphatic carbocycles. The van der Waals surface area contributed by atoms with E-state index in [0.717, 1.165) is 0 Å². The lowest BCUT2D eigenvalue weighted by Crippen LogP contribution is -2.48. The minimum Gasteiger partial charge on any atom is -0.503 e. The molecule has 100 valence electrons. The van der Waals surface area contributed by atoms with Gasteiger partial charge in [0.1, 0.15) is 0 Å². The quantitative estimate of drug-likeness (QED) is 0.688. The molecule has 1 aromatic heterocycles. The van der Waals surface area contributed by atoms with Crippen LogP contribution in [0.1, 0.15) is 17.4 Å². The first-order valence-corrected chi connectivity index (χ1v) is 6.47. The Hall–Kier alpha value is -1.98. The Bertz CT molecular complexity index is 665. The fourth-order valence-electron chi connectivity index (χ4n) is 3.87. The zero-order valence-corrected chi connectivity index (χ0v) is 10.4. The van der Waals surface area contributed by atoms with Crippen LogP contribution >= 0.6 is 0 Å². The summed E-state index contributed by atoms with van der Waals surface area (Å²) in [5.74, 6) is 0.243. The molecule has 1 amide bonds. The van der Waals surface area contributed by atoms with Crippen LogP contribution in [0.3, 0.4) is 0 Å². The Morgan fingerprint density at radius 2 is 2.00 bits per heavy atom. The summed E-state index contributed by atoms with van der Waals surface area (Å²) in [7, 11) is 0. The molecule has 0 aromatic carbocycles. The van der Waals surface area contributed by atoms with Crippen LogP contribution in [-0.4, -0.2) is 38.2 Å². The molecule has 6 heteroatoms. The molecule has 1 aromatic rings. The number of hydrogen-bond donors (Lipinski definition) is 2. The molecule has 0 bridgehead atoms. The third-order valence-corrected chi connectivity index (χ3v) is 4.97. The van der Waals surface area contributed by atoms with Crippen LogP contribution in [0.2, 0.25) is 0 Å². The van der Waals surface area contributed by atoms with Crippen LogP contribution in [0.25, 0.3) is 0 Å². The molecule has 2 fully saturated rings. The first-order valence-electron chi connectivity index (χ1n) is 6.47. The largest absolute Gasteiger partial charge is 0.503 e. The van der Waals surface area contributed by atoms with Crippen molar-refractivity contribution in [3.63, 3.8) is 0 Å². The van der Waals surface area contributed by atoms with E-state index in [9.17, 15) is 19.8 Å². The van der Waals surface area contributed by atoms with Crippen LogP contribution in [0.15, 0.2) is 11.0 Å². The van der Waals surface area contributed by atoms with Crippen molar-refractivity contribution in [3.05, 3.63) is 22.1 Å². The van der Waals surface area contributed by atoms with Gasteiger partial charge in [-0.1, -0.05) is 6.92 Å². The molecule has 0 unspecified atom stereocenters. The van der Waals surface area contributed by atoms with Gasteiger partial charge >= 0.3 is 0 Å². The highest BCUT2D eigenvalue weighted by Crippen LogP contribution is 2.56. The zero-order valence-electron chi connectivity index (χ0n) is 10.4. The van der Waals surface area contributed by atoms with Gasteiger partial charge in [0.25, 0.3) is 11.3 Å². The fourth-order valence-corrected chi connectivity index (χ4v) is 3.87. The van der Waals surface area contributed by atoms with E-state index in [1.807, 2.05) is 0 Å². The van der Waals surface area contributed by atoms with E-state index in [1.165, 1.54) is 10.8 Å². The number of hydrogen-bond acceptors (Lipinski definition) is 4. The maximum atomic E-state index is 12.4. The Morgan fingerprint density at radius 3 is 2.74 bits per heavy atom. The van der Waals surface area contributed by atoms with Crippen LogP contribution in [-0.2, 0) is 6.54 Å². The molecule has 19 heavy (non-hydrogen) atoms. The smallest absolute Gasteiger partial charge is 0.274 e. The number of aromatic nitrogens is 1. The lowest BCUT2D eigenvalue weighted by Gasteiger charge is -2.35. The zero-order chi connectivity index (χ0) is 13.5.